The molecular weight excluding hydrogens is 242 g/mol. The molecular formula is C15H23NO3. The summed E-state index contributed by atoms with van der Waals surface area (Å²) < 4.78 is 10.5. The molecule has 0 atom stereocenters. The lowest BCUT2D eigenvalue weighted by molar-refractivity contribution is 0.0301. The number of ether oxygens (including phenoxy) is 2. The summed E-state index contributed by atoms with van der Waals surface area (Å²) in [5, 5.41) is 0. The molecule has 1 fully saturated rings. The van der Waals surface area contributed by atoms with E-state index in [9.17, 15) is 4.79 Å². The van der Waals surface area contributed by atoms with Crippen LogP contribution < -0.4 is 4.74 Å². The average Bonchev–Trinajstić information content (AvgIpc) is 2.49. The minimum Gasteiger partial charge on any atom is -0.496 e. The van der Waals surface area contributed by atoms with Crippen LogP contribution in [-0.4, -0.2) is 44.2 Å². The zero-order valence-corrected chi connectivity index (χ0v) is 12.2. The SMILES string of the molecule is CC.COc1cc(C)ccc1C(=O)N1CCOCC1. The molecule has 1 heterocycles. The van der Waals surface area contributed by atoms with E-state index in [0.29, 0.717) is 37.6 Å². The molecule has 1 amide bonds. The van der Waals surface area contributed by atoms with Crippen molar-refractivity contribution in [3.63, 3.8) is 0 Å². The third kappa shape index (κ3) is 3.96. The lowest BCUT2D eigenvalue weighted by Gasteiger charge is -2.27. The minimum atomic E-state index is 0.0187. The molecule has 0 bridgehead atoms. The van der Waals surface area contributed by atoms with E-state index in [1.807, 2.05) is 39.0 Å². The Morgan fingerprint density at radius 2 is 1.89 bits per heavy atom. The molecule has 1 aliphatic rings. The van der Waals surface area contributed by atoms with Crippen molar-refractivity contribution in [3.8, 4) is 5.75 Å². The van der Waals surface area contributed by atoms with Gasteiger partial charge in [-0.1, -0.05) is 19.9 Å². The van der Waals surface area contributed by atoms with E-state index in [4.69, 9.17) is 9.47 Å². The molecule has 4 nitrogen and oxygen atoms in total. The minimum absolute atomic E-state index is 0.0187. The Hall–Kier alpha value is -1.55. The standard InChI is InChI=1S/C13H17NO3.C2H6/c1-10-3-4-11(12(9-10)16-2)13(15)14-5-7-17-8-6-14;1-2/h3-4,9H,5-8H2,1-2H3;1-2H3. The van der Waals surface area contributed by atoms with Gasteiger partial charge in [0.25, 0.3) is 5.91 Å². The summed E-state index contributed by atoms with van der Waals surface area (Å²) >= 11 is 0. The summed E-state index contributed by atoms with van der Waals surface area (Å²) in [5.41, 5.74) is 1.71. The van der Waals surface area contributed by atoms with Gasteiger partial charge in [-0.2, -0.15) is 0 Å². The maximum atomic E-state index is 12.3. The van der Waals surface area contributed by atoms with Gasteiger partial charge >= 0.3 is 0 Å². The van der Waals surface area contributed by atoms with Crippen LogP contribution in [0.3, 0.4) is 0 Å². The Morgan fingerprint density at radius 1 is 1.26 bits per heavy atom. The van der Waals surface area contributed by atoms with Crippen LogP contribution in [-0.2, 0) is 4.74 Å². The molecule has 2 rings (SSSR count). The highest BCUT2D eigenvalue weighted by atomic mass is 16.5. The number of benzene rings is 1. The van der Waals surface area contributed by atoms with E-state index in [-0.39, 0.29) is 5.91 Å². The fourth-order valence-electron chi connectivity index (χ4n) is 1.91. The lowest BCUT2D eigenvalue weighted by atomic mass is 10.1. The van der Waals surface area contributed by atoms with Gasteiger partial charge in [0.2, 0.25) is 0 Å². The van der Waals surface area contributed by atoms with E-state index in [1.54, 1.807) is 12.0 Å². The molecule has 0 aromatic heterocycles. The highest BCUT2D eigenvalue weighted by molar-refractivity contribution is 5.97. The zero-order chi connectivity index (χ0) is 14.3. The molecule has 4 heteroatoms. The van der Waals surface area contributed by atoms with E-state index < -0.39 is 0 Å². The Labute approximate surface area is 115 Å². The molecule has 0 aliphatic carbocycles. The van der Waals surface area contributed by atoms with Crippen LogP contribution >= 0.6 is 0 Å². The molecule has 0 spiro atoms. The molecule has 1 saturated heterocycles. The van der Waals surface area contributed by atoms with Gasteiger partial charge in [-0.25, -0.2) is 0 Å². The van der Waals surface area contributed by atoms with Crippen molar-refractivity contribution in [3.05, 3.63) is 29.3 Å². The molecule has 0 radical (unpaired) electrons. The van der Waals surface area contributed by atoms with Gasteiger partial charge < -0.3 is 14.4 Å². The van der Waals surface area contributed by atoms with Crippen LogP contribution in [0.25, 0.3) is 0 Å². The number of nitrogens with zero attached hydrogens (tertiary/aromatic N) is 1. The highest BCUT2D eigenvalue weighted by Gasteiger charge is 2.21. The van der Waals surface area contributed by atoms with Gasteiger partial charge in [0.1, 0.15) is 5.75 Å². The summed E-state index contributed by atoms with van der Waals surface area (Å²) in [6, 6.07) is 5.63. The first-order valence-electron chi connectivity index (χ1n) is 6.74. The van der Waals surface area contributed by atoms with Crippen LogP contribution in [0.15, 0.2) is 18.2 Å². The second-order valence-corrected chi connectivity index (χ2v) is 4.11. The molecule has 0 unspecified atom stereocenters. The lowest BCUT2D eigenvalue weighted by Crippen LogP contribution is -2.40. The first-order valence-corrected chi connectivity index (χ1v) is 6.74. The Bertz CT molecular complexity index is 412. The third-order valence-electron chi connectivity index (χ3n) is 2.89. The summed E-state index contributed by atoms with van der Waals surface area (Å²) in [7, 11) is 1.59. The normalized spacial score (nSPS) is 14.4. The first kappa shape index (κ1) is 15.5. The second-order valence-electron chi connectivity index (χ2n) is 4.11. The van der Waals surface area contributed by atoms with Crippen LogP contribution in [0.4, 0.5) is 0 Å². The van der Waals surface area contributed by atoms with E-state index in [0.717, 1.165) is 5.56 Å². The number of carbonyl (C=O) groups is 1. The summed E-state index contributed by atoms with van der Waals surface area (Å²) in [4.78, 5) is 14.1. The number of hydrogen-bond donors (Lipinski definition) is 0. The number of carbonyl (C=O) groups excluding carboxylic acids is 1. The second kappa shape index (κ2) is 7.79. The van der Waals surface area contributed by atoms with Crippen LogP contribution in [0, 0.1) is 6.92 Å². The molecule has 106 valence electrons. The number of aryl methyl sites for hydroxylation is 1. The smallest absolute Gasteiger partial charge is 0.257 e. The summed E-state index contributed by atoms with van der Waals surface area (Å²) in [6.45, 7) is 8.50. The van der Waals surface area contributed by atoms with E-state index in [1.165, 1.54) is 0 Å². The Morgan fingerprint density at radius 3 is 2.47 bits per heavy atom. The highest BCUT2D eigenvalue weighted by Crippen LogP contribution is 2.21. The molecule has 1 aromatic rings. The molecule has 19 heavy (non-hydrogen) atoms. The van der Waals surface area contributed by atoms with Crippen molar-refractivity contribution in [1.82, 2.24) is 4.90 Å². The molecule has 1 aromatic carbocycles. The number of hydrogen-bond acceptors (Lipinski definition) is 3. The van der Waals surface area contributed by atoms with Crippen molar-refractivity contribution >= 4 is 5.91 Å². The molecule has 0 N–H and O–H groups in total. The summed E-state index contributed by atoms with van der Waals surface area (Å²) in [5.74, 6) is 0.659. The van der Waals surface area contributed by atoms with E-state index in [2.05, 4.69) is 0 Å². The molecule has 0 saturated carbocycles. The van der Waals surface area contributed by atoms with Crippen LogP contribution in [0.2, 0.25) is 0 Å². The van der Waals surface area contributed by atoms with Gasteiger partial charge in [0.05, 0.1) is 25.9 Å². The molecule has 1 aliphatic heterocycles. The monoisotopic (exact) mass is 265 g/mol. The predicted octanol–water partition coefficient (Wildman–Crippen LogP) is 2.50. The number of methoxy groups -OCH3 is 1. The predicted molar refractivity (Wildman–Crippen MR) is 75.8 cm³/mol. The maximum Gasteiger partial charge on any atom is 0.257 e. The van der Waals surface area contributed by atoms with Crippen molar-refractivity contribution in [2.45, 2.75) is 20.8 Å². The van der Waals surface area contributed by atoms with E-state index >= 15 is 0 Å². The third-order valence-corrected chi connectivity index (χ3v) is 2.89. The summed E-state index contributed by atoms with van der Waals surface area (Å²) in [6.07, 6.45) is 0. The number of rotatable bonds is 2. The fourth-order valence-corrected chi connectivity index (χ4v) is 1.91. The average molecular weight is 265 g/mol. The number of amides is 1. The van der Waals surface area contributed by atoms with Gasteiger partial charge in [-0.05, 0) is 24.6 Å². The van der Waals surface area contributed by atoms with Gasteiger partial charge in [-0.15, -0.1) is 0 Å². The van der Waals surface area contributed by atoms with Crippen molar-refractivity contribution in [1.29, 1.82) is 0 Å². The Kier molecular flexibility index (Phi) is 6.36. The largest absolute Gasteiger partial charge is 0.496 e. The maximum absolute atomic E-state index is 12.3. The number of morpholine rings is 1. The van der Waals surface area contributed by atoms with Crippen molar-refractivity contribution in [2.75, 3.05) is 33.4 Å². The van der Waals surface area contributed by atoms with Crippen LogP contribution in [0.5, 0.6) is 5.75 Å². The van der Waals surface area contributed by atoms with Gasteiger partial charge in [0.15, 0.2) is 0 Å². The Balaban J connectivity index is 0.000000861. The quantitative estimate of drug-likeness (QED) is 0.824. The van der Waals surface area contributed by atoms with Gasteiger partial charge in [0, 0.05) is 13.1 Å². The zero-order valence-electron chi connectivity index (χ0n) is 12.2. The fraction of sp³-hybridized carbons (Fsp3) is 0.533. The first-order chi connectivity index (χ1) is 9.22. The topological polar surface area (TPSA) is 38.8 Å². The van der Waals surface area contributed by atoms with Crippen LogP contribution in [0.1, 0.15) is 29.8 Å². The van der Waals surface area contributed by atoms with Crippen molar-refractivity contribution in [2.24, 2.45) is 0 Å². The van der Waals surface area contributed by atoms with Gasteiger partial charge in [-0.3, -0.25) is 4.79 Å². The van der Waals surface area contributed by atoms with Crippen molar-refractivity contribution < 1.29 is 14.3 Å².